The number of aromatic nitrogens is 2. The molecule has 1 atom stereocenters. The maximum atomic E-state index is 11.6. The lowest BCUT2D eigenvalue weighted by atomic mass is 9.97. The molecule has 0 spiro atoms. The summed E-state index contributed by atoms with van der Waals surface area (Å²) in [4.78, 5) is 39.8. The van der Waals surface area contributed by atoms with E-state index in [9.17, 15) is 14.4 Å². The average molecular weight is 307 g/mol. The molecule has 2 aromatic rings. The highest BCUT2D eigenvalue weighted by molar-refractivity contribution is 6.31. The molecule has 1 aromatic carbocycles. The third-order valence-electron chi connectivity index (χ3n) is 3.57. The molecule has 1 unspecified atom stereocenters. The van der Waals surface area contributed by atoms with E-state index < -0.39 is 17.1 Å². The van der Waals surface area contributed by atoms with Gasteiger partial charge < -0.3 is 14.7 Å². The van der Waals surface area contributed by atoms with Gasteiger partial charge in [-0.3, -0.25) is 14.4 Å². The Hall–Kier alpha value is -2.34. The van der Waals surface area contributed by atoms with E-state index in [-0.39, 0.29) is 12.3 Å². The molecule has 108 valence electrons. The van der Waals surface area contributed by atoms with E-state index in [1.807, 2.05) is 0 Å². The SMILES string of the molecule is COC(=O)CC1c2ccc(Cl)cc2-c2[nH]c(=O)c(=O)[nH]c21. The molecule has 0 saturated carbocycles. The Balaban J connectivity index is 2.25. The van der Waals surface area contributed by atoms with Crippen molar-refractivity contribution < 1.29 is 9.53 Å². The van der Waals surface area contributed by atoms with Crippen molar-refractivity contribution in [2.45, 2.75) is 12.3 Å². The second-order valence-corrected chi connectivity index (χ2v) is 5.20. The van der Waals surface area contributed by atoms with Gasteiger partial charge in [-0.15, -0.1) is 0 Å². The van der Waals surface area contributed by atoms with Crippen LogP contribution < -0.4 is 11.1 Å². The highest BCUT2D eigenvalue weighted by atomic mass is 35.5. The van der Waals surface area contributed by atoms with Crippen LogP contribution in [0.25, 0.3) is 11.3 Å². The zero-order valence-electron chi connectivity index (χ0n) is 11.0. The molecular weight excluding hydrogens is 296 g/mol. The summed E-state index contributed by atoms with van der Waals surface area (Å²) in [6.45, 7) is 0. The molecule has 1 heterocycles. The number of carbonyl (C=O) groups is 1. The minimum absolute atomic E-state index is 0.0696. The molecule has 1 aliphatic rings. The first-order chi connectivity index (χ1) is 10.0. The van der Waals surface area contributed by atoms with Gasteiger partial charge in [-0.25, -0.2) is 0 Å². The molecule has 3 rings (SSSR count). The average Bonchev–Trinajstić information content (AvgIpc) is 2.73. The summed E-state index contributed by atoms with van der Waals surface area (Å²) in [5.41, 5.74) is 1.03. The molecule has 1 aliphatic carbocycles. The summed E-state index contributed by atoms with van der Waals surface area (Å²) in [5.74, 6) is -0.773. The molecule has 0 fully saturated rings. The quantitative estimate of drug-likeness (QED) is 0.648. The third kappa shape index (κ3) is 2.17. The number of fused-ring (bicyclic) bond motifs is 3. The van der Waals surface area contributed by atoms with Crippen LogP contribution in [0.3, 0.4) is 0 Å². The fourth-order valence-electron chi connectivity index (χ4n) is 2.62. The number of H-pyrrole nitrogens is 2. The molecule has 0 bridgehead atoms. The largest absolute Gasteiger partial charge is 0.469 e. The van der Waals surface area contributed by atoms with E-state index in [0.717, 1.165) is 5.56 Å². The van der Waals surface area contributed by atoms with E-state index in [2.05, 4.69) is 9.97 Å². The van der Waals surface area contributed by atoms with Gasteiger partial charge in [-0.1, -0.05) is 17.7 Å². The molecule has 6 nitrogen and oxygen atoms in total. The molecule has 7 heteroatoms. The van der Waals surface area contributed by atoms with Gasteiger partial charge in [0, 0.05) is 16.5 Å². The van der Waals surface area contributed by atoms with Gasteiger partial charge >= 0.3 is 17.1 Å². The summed E-state index contributed by atoms with van der Waals surface area (Å²) < 4.78 is 4.69. The second kappa shape index (κ2) is 4.89. The summed E-state index contributed by atoms with van der Waals surface area (Å²) in [6, 6.07) is 5.18. The van der Waals surface area contributed by atoms with E-state index in [1.54, 1.807) is 18.2 Å². The summed E-state index contributed by atoms with van der Waals surface area (Å²) in [5, 5.41) is 0.505. The number of nitrogens with one attached hydrogen (secondary N) is 2. The number of rotatable bonds is 2. The number of aromatic amines is 2. The van der Waals surface area contributed by atoms with Crippen LogP contribution in [0.5, 0.6) is 0 Å². The van der Waals surface area contributed by atoms with Gasteiger partial charge in [0.15, 0.2) is 0 Å². The molecule has 0 radical (unpaired) electrons. The van der Waals surface area contributed by atoms with Crippen molar-refractivity contribution in [1.29, 1.82) is 0 Å². The van der Waals surface area contributed by atoms with Crippen LogP contribution in [0.1, 0.15) is 23.6 Å². The number of benzene rings is 1. The Morgan fingerprint density at radius 1 is 1.29 bits per heavy atom. The number of esters is 1. The van der Waals surface area contributed by atoms with Gasteiger partial charge in [-0.2, -0.15) is 0 Å². The highest BCUT2D eigenvalue weighted by Crippen LogP contribution is 2.44. The summed E-state index contributed by atoms with van der Waals surface area (Å²) in [6.07, 6.45) is 0.0696. The lowest BCUT2D eigenvalue weighted by molar-refractivity contribution is -0.140. The van der Waals surface area contributed by atoms with Crippen LogP contribution in [0, 0.1) is 0 Å². The molecule has 21 heavy (non-hydrogen) atoms. The number of halogens is 1. The molecule has 2 N–H and O–H groups in total. The first-order valence-corrected chi connectivity index (χ1v) is 6.62. The smallest absolute Gasteiger partial charge is 0.314 e. The zero-order valence-corrected chi connectivity index (χ0v) is 11.8. The number of hydrogen-bond acceptors (Lipinski definition) is 4. The zero-order chi connectivity index (χ0) is 15.1. The molecular formula is C14H11ClN2O4. The van der Waals surface area contributed by atoms with E-state index in [0.29, 0.717) is 22.0 Å². The van der Waals surface area contributed by atoms with Crippen molar-refractivity contribution in [2.75, 3.05) is 7.11 Å². The van der Waals surface area contributed by atoms with Crippen LogP contribution >= 0.6 is 11.6 Å². The Labute approximate surface area is 123 Å². The molecule has 0 amide bonds. The van der Waals surface area contributed by atoms with Crippen molar-refractivity contribution >= 4 is 17.6 Å². The topological polar surface area (TPSA) is 92.0 Å². The Morgan fingerprint density at radius 2 is 2.00 bits per heavy atom. The molecule has 0 saturated heterocycles. The predicted octanol–water partition coefficient (Wildman–Crippen LogP) is 1.39. The normalized spacial score (nSPS) is 15.4. The van der Waals surface area contributed by atoms with E-state index >= 15 is 0 Å². The first-order valence-electron chi connectivity index (χ1n) is 6.24. The first kappa shape index (κ1) is 13.6. The third-order valence-corrected chi connectivity index (χ3v) is 3.80. The van der Waals surface area contributed by atoms with Gasteiger partial charge in [0.2, 0.25) is 0 Å². The standard InChI is InChI=1S/C14H11ClN2O4/c1-21-10(18)5-9-7-3-2-6(15)4-8(7)11-12(9)17-14(20)13(19)16-11/h2-4,9H,5H2,1H3,(H,16,19)(H,17,20). The van der Waals surface area contributed by atoms with Crippen molar-refractivity contribution in [3.63, 3.8) is 0 Å². The van der Waals surface area contributed by atoms with Gasteiger partial charge in [-0.05, 0) is 17.7 Å². The summed E-state index contributed by atoms with van der Waals surface area (Å²) in [7, 11) is 1.30. The Kier molecular flexibility index (Phi) is 3.17. The van der Waals surface area contributed by atoms with Crippen molar-refractivity contribution in [3.05, 3.63) is 55.2 Å². The molecule has 1 aromatic heterocycles. The molecule has 0 aliphatic heterocycles. The van der Waals surface area contributed by atoms with Crippen molar-refractivity contribution in [2.24, 2.45) is 0 Å². The number of methoxy groups -OCH3 is 1. The fraction of sp³-hybridized carbons (Fsp3) is 0.214. The number of hydrogen-bond donors (Lipinski definition) is 2. The number of ether oxygens (including phenoxy) is 1. The second-order valence-electron chi connectivity index (χ2n) is 4.76. The Bertz CT molecular complexity index is 853. The monoisotopic (exact) mass is 306 g/mol. The minimum Gasteiger partial charge on any atom is -0.469 e. The van der Waals surface area contributed by atoms with E-state index in [4.69, 9.17) is 16.3 Å². The van der Waals surface area contributed by atoms with E-state index in [1.165, 1.54) is 7.11 Å². The maximum Gasteiger partial charge on any atom is 0.314 e. The van der Waals surface area contributed by atoms with Gasteiger partial charge in [0.05, 0.1) is 24.9 Å². The lowest BCUT2D eigenvalue weighted by Gasteiger charge is -2.11. The lowest BCUT2D eigenvalue weighted by Crippen LogP contribution is -2.31. The van der Waals surface area contributed by atoms with Gasteiger partial charge in [0.25, 0.3) is 0 Å². The minimum atomic E-state index is -0.748. The summed E-state index contributed by atoms with van der Waals surface area (Å²) >= 11 is 5.99. The van der Waals surface area contributed by atoms with Crippen LogP contribution in [-0.4, -0.2) is 23.0 Å². The van der Waals surface area contributed by atoms with Crippen molar-refractivity contribution in [1.82, 2.24) is 9.97 Å². The highest BCUT2D eigenvalue weighted by Gasteiger charge is 2.32. The van der Waals surface area contributed by atoms with Crippen LogP contribution in [-0.2, 0) is 9.53 Å². The van der Waals surface area contributed by atoms with Gasteiger partial charge in [0.1, 0.15) is 0 Å². The van der Waals surface area contributed by atoms with Crippen molar-refractivity contribution in [3.8, 4) is 11.3 Å². The fourth-order valence-corrected chi connectivity index (χ4v) is 2.79. The maximum absolute atomic E-state index is 11.6. The van der Waals surface area contributed by atoms with Crippen LogP contribution in [0.15, 0.2) is 27.8 Å². The number of carbonyl (C=O) groups excluding carboxylic acids is 1. The van der Waals surface area contributed by atoms with Crippen LogP contribution in [0.4, 0.5) is 0 Å². The van der Waals surface area contributed by atoms with Crippen LogP contribution in [0.2, 0.25) is 5.02 Å². The Morgan fingerprint density at radius 3 is 2.71 bits per heavy atom. The predicted molar refractivity (Wildman–Crippen MR) is 76.6 cm³/mol.